The van der Waals surface area contributed by atoms with E-state index < -0.39 is 86.5 Å². The first-order valence-corrected chi connectivity index (χ1v) is 12.9. The standard InChI is InChI=1S/C26H19F17N2O3/c27-19(22(31,32)33,47-26(42,43)21(30,24(37,38)39)48-25(40,41)20(28,29)23(34,35)36)18(46)45-13-11-44(12-14-45)17(15-7-3-1-4-8-15)16-9-5-2-6-10-16/h1-10,17H,11-14H2. The van der Waals surface area contributed by atoms with Crippen LogP contribution >= 0.6 is 0 Å². The molecule has 0 saturated carbocycles. The van der Waals surface area contributed by atoms with Gasteiger partial charge < -0.3 is 4.90 Å². The minimum absolute atomic E-state index is 0.214. The molecule has 22 heteroatoms. The van der Waals surface area contributed by atoms with Crippen molar-refractivity contribution in [3.63, 3.8) is 0 Å². The lowest BCUT2D eigenvalue weighted by Gasteiger charge is -2.43. The van der Waals surface area contributed by atoms with Crippen molar-refractivity contribution >= 4 is 5.91 Å². The lowest BCUT2D eigenvalue weighted by atomic mass is 9.96. The molecule has 2 aromatic carbocycles. The van der Waals surface area contributed by atoms with Gasteiger partial charge in [-0.05, 0) is 11.1 Å². The van der Waals surface area contributed by atoms with E-state index in [4.69, 9.17) is 0 Å². The summed E-state index contributed by atoms with van der Waals surface area (Å²) in [6, 6.07) is 15.5. The molecule has 1 fully saturated rings. The van der Waals surface area contributed by atoms with E-state index in [9.17, 15) is 75.0 Å². The number of alkyl halides is 17. The summed E-state index contributed by atoms with van der Waals surface area (Å²) in [6.07, 6.45) is -38.6. The lowest BCUT2D eigenvalue weighted by Crippen LogP contribution is -2.69. The van der Waals surface area contributed by atoms with E-state index >= 15 is 4.39 Å². The SMILES string of the molecule is O=C(N1CCN(C(c2ccccc2)c2ccccc2)CC1)C(F)(OC(F)(F)C(F)(OC(F)(F)C(F)(F)C(F)(F)F)C(F)(F)F)C(F)(F)F. The first kappa shape index (κ1) is 39.0. The number of hydrogen-bond acceptors (Lipinski definition) is 4. The summed E-state index contributed by atoms with van der Waals surface area (Å²) >= 11 is 0. The Bertz CT molecular complexity index is 1350. The topological polar surface area (TPSA) is 42.0 Å². The molecule has 2 aromatic rings. The predicted octanol–water partition coefficient (Wildman–Crippen LogP) is 7.79. The molecule has 1 aliphatic rings. The highest BCUT2D eigenvalue weighted by atomic mass is 19.4. The number of rotatable bonds is 10. The number of carbonyl (C=O) groups is 1. The summed E-state index contributed by atoms with van der Waals surface area (Å²) in [7, 11) is 0. The Kier molecular flexibility index (Phi) is 10.4. The Morgan fingerprint density at radius 3 is 1.31 bits per heavy atom. The van der Waals surface area contributed by atoms with Crippen LogP contribution in [0.4, 0.5) is 74.6 Å². The fraction of sp³-hybridized carbons (Fsp3) is 0.500. The Balaban J connectivity index is 1.94. The molecule has 5 nitrogen and oxygen atoms in total. The lowest BCUT2D eigenvalue weighted by molar-refractivity contribution is -0.548. The maximum absolute atomic E-state index is 15.2. The van der Waals surface area contributed by atoms with Crippen LogP contribution in [0.5, 0.6) is 0 Å². The van der Waals surface area contributed by atoms with Gasteiger partial charge in [-0.25, -0.2) is 0 Å². The molecule has 0 bridgehead atoms. The van der Waals surface area contributed by atoms with Crippen molar-refractivity contribution in [3.8, 4) is 0 Å². The van der Waals surface area contributed by atoms with Crippen molar-refractivity contribution < 1.29 is 88.9 Å². The molecule has 0 aliphatic carbocycles. The average Bonchev–Trinajstić information content (AvgIpc) is 2.96. The number of hydrogen-bond donors (Lipinski definition) is 0. The summed E-state index contributed by atoms with van der Waals surface area (Å²) in [4.78, 5) is 13.9. The zero-order valence-corrected chi connectivity index (χ0v) is 23.2. The van der Waals surface area contributed by atoms with E-state index in [2.05, 4.69) is 4.74 Å². The van der Waals surface area contributed by atoms with Crippen LogP contribution in [0.3, 0.4) is 0 Å². The monoisotopic (exact) mass is 730 g/mol. The van der Waals surface area contributed by atoms with Gasteiger partial charge in [-0.3, -0.25) is 19.2 Å². The van der Waals surface area contributed by atoms with Gasteiger partial charge in [0.25, 0.3) is 5.91 Å². The molecule has 0 spiro atoms. The maximum atomic E-state index is 15.2. The fourth-order valence-electron chi connectivity index (χ4n) is 4.42. The van der Waals surface area contributed by atoms with E-state index in [-0.39, 0.29) is 4.90 Å². The predicted molar refractivity (Wildman–Crippen MR) is 126 cm³/mol. The first-order chi connectivity index (χ1) is 21.6. The zero-order chi connectivity index (χ0) is 36.8. The molecule has 2 unspecified atom stereocenters. The minimum Gasteiger partial charge on any atom is -0.335 e. The third kappa shape index (κ3) is 7.14. The molecule has 0 radical (unpaired) electrons. The van der Waals surface area contributed by atoms with Gasteiger partial charge >= 0.3 is 48.4 Å². The van der Waals surface area contributed by atoms with Crippen LogP contribution in [-0.2, 0) is 14.3 Å². The minimum atomic E-state index is -8.06. The zero-order valence-electron chi connectivity index (χ0n) is 23.2. The third-order valence-electron chi connectivity index (χ3n) is 6.84. The molecule has 48 heavy (non-hydrogen) atoms. The maximum Gasteiger partial charge on any atom is 0.462 e. The van der Waals surface area contributed by atoms with Crippen molar-refractivity contribution in [2.24, 2.45) is 0 Å². The molecule has 0 N–H and O–H groups in total. The second-order valence-electron chi connectivity index (χ2n) is 10.0. The van der Waals surface area contributed by atoms with Crippen LogP contribution in [0, 0.1) is 0 Å². The van der Waals surface area contributed by atoms with Crippen LogP contribution in [0.15, 0.2) is 60.7 Å². The number of ether oxygens (including phenoxy) is 2. The van der Waals surface area contributed by atoms with Gasteiger partial charge in [-0.2, -0.15) is 74.6 Å². The van der Waals surface area contributed by atoms with E-state index in [0.29, 0.717) is 11.1 Å². The highest BCUT2D eigenvalue weighted by Crippen LogP contribution is 2.56. The van der Waals surface area contributed by atoms with Crippen LogP contribution in [0.2, 0.25) is 0 Å². The van der Waals surface area contributed by atoms with Crippen molar-refractivity contribution in [3.05, 3.63) is 71.8 Å². The molecule has 2 atom stereocenters. The smallest absolute Gasteiger partial charge is 0.335 e. The quantitative estimate of drug-likeness (QED) is 0.234. The van der Waals surface area contributed by atoms with Crippen molar-refractivity contribution in [2.75, 3.05) is 26.2 Å². The van der Waals surface area contributed by atoms with Gasteiger partial charge in [0.15, 0.2) is 0 Å². The summed E-state index contributed by atoms with van der Waals surface area (Å²) in [6.45, 7) is -2.97. The number of nitrogens with zero attached hydrogens (tertiary/aromatic N) is 2. The van der Waals surface area contributed by atoms with Crippen LogP contribution in [0.25, 0.3) is 0 Å². The summed E-state index contributed by atoms with van der Waals surface area (Å²) in [5.74, 6) is -26.0. The van der Waals surface area contributed by atoms with E-state index in [1.54, 1.807) is 60.7 Å². The molecule has 270 valence electrons. The van der Waals surface area contributed by atoms with E-state index in [1.165, 1.54) is 9.64 Å². The molecule has 1 amide bonds. The van der Waals surface area contributed by atoms with Gasteiger partial charge in [0.1, 0.15) is 0 Å². The van der Waals surface area contributed by atoms with E-state index in [0.717, 1.165) is 0 Å². The Morgan fingerprint density at radius 2 is 0.958 bits per heavy atom. The fourth-order valence-corrected chi connectivity index (χ4v) is 4.42. The Morgan fingerprint density at radius 1 is 0.542 bits per heavy atom. The third-order valence-corrected chi connectivity index (χ3v) is 6.84. The number of piperazine rings is 1. The average molecular weight is 730 g/mol. The van der Waals surface area contributed by atoms with Gasteiger partial charge in [-0.15, -0.1) is 0 Å². The highest BCUT2D eigenvalue weighted by molar-refractivity contribution is 5.84. The number of amides is 1. The Labute approximate surface area is 257 Å². The van der Waals surface area contributed by atoms with Crippen molar-refractivity contribution in [2.45, 2.75) is 54.4 Å². The van der Waals surface area contributed by atoms with Gasteiger partial charge in [0.05, 0.1) is 6.04 Å². The first-order valence-electron chi connectivity index (χ1n) is 12.9. The molecule has 1 heterocycles. The second kappa shape index (κ2) is 12.8. The molecule has 0 aromatic heterocycles. The van der Waals surface area contributed by atoms with Crippen LogP contribution in [0.1, 0.15) is 17.2 Å². The normalized spacial score (nSPS) is 18.8. The molecular formula is C26H19F17N2O3. The molecule has 3 rings (SSSR count). The van der Waals surface area contributed by atoms with Gasteiger partial charge in [0, 0.05) is 26.2 Å². The number of benzene rings is 2. The largest absolute Gasteiger partial charge is 0.462 e. The summed E-state index contributed by atoms with van der Waals surface area (Å²) in [5.41, 5.74) is 1.17. The molecule has 1 aliphatic heterocycles. The van der Waals surface area contributed by atoms with E-state index in [1.807, 2.05) is 0 Å². The number of carbonyl (C=O) groups excluding carboxylic acids is 1. The van der Waals surface area contributed by atoms with Crippen molar-refractivity contribution in [1.29, 1.82) is 0 Å². The van der Waals surface area contributed by atoms with Crippen molar-refractivity contribution in [1.82, 2.24) is 9.80 Å². The summed E-state index contributed by atoms with van der Waals surface area (Å²) < 4.78 is 233. The second-order valence-corrected chi connectivity index (χ2v) is 10.0. The Hall–Kier alpha value is -3.40. The van der Waals surface area contributed by atoms with Crippen LogP contribution < -0.4 is 0 Å². The number of halogens is 17. The van der Waals surface area contributed by atoms with Gasteiger partial charge in [-0.1, -0.05) is 60.7 Å². The highest BCUT2D eigenvalue weighted by Gasteiger charge is 2.85. The van der Waals surface area contributed by atoms with Crippen LogP contribution in [-0.4, -0.2) is 90.3 Å². The molecular weight excluding hydrogens is 711 g/mol. The molecule has 1 saturated heterocycles. The summed E-state index contributed by atoms with van der Waals surface area (Å²) in [5, 5.41) is 0. The van der Waals surface area contributed by atoms with Gasteiger partial charge in [0.2, 0.25) is 0 Å².